The Balaban J connectivity index is 1.66. The molecule has 1 heterocycles. The molecule has 0 saturated carbocycles. The van der Waals surface area contributed by atoms with Crippen molar-refractivity contribution in [2.45, 2.75) is 25.4 Å². The fourth-order valence-corrected chi connectivity index (χ4v) is 4.02. The van der Waals surface area contributed by atoms with Crippen molar-refractivity contribution >= 4 is 11.6 Å². The zero-order valence-corrected chi connectivity index (χ0v) is 18.7. The highest BCUT2D eigenvalue weighted by atomic mass is 16.5. The number of carbonyl (C=O) groups is 1. The molecule has 0 unspecified atom stereocenters. The Labute approximate surface area is 180 Å². The SMILES string of the molecule is COc1ccc(OC)c([C@H]2CCCN2CC(=O)N(C)Cc2ccc(N(C)C)cc2)c1. The minimum absolute atomic E-state index is 0.125. The van der Waals surface area contributed by atoms with Gasteiger partial charge in [-0.3, -0.25) is 9.69 Å². The molecule has 30 heavy (non-hydrogen) atoms. The maximum atomic E-state index is 13.0. The molecule has 0 spiro atoms. The van der Waals surface area contributed by atoms with E-state index in [-0.39, 0.29) is 11.9 Å². The summed E-state index contributed by atoms with van der Waals surface area (Å²) in [7, 11) is 9.27. The molecule has 1 atom stereocenters. The van der Waals surface area contributed by atoms with Crippen molar-refractivity contribution in [2.75, 3.05) is 53.4 Å². The van der Waals surface area contributed by atoms with E-state index in [2.05, 4.69) is 34.1 Å². The second-order valence-corrected chi connectivity index (χ2v) is 8.05. The number of ether oxygens (including phenoxy) is 2. The quantitative estimate of drug-likeness (QED) is 0.665. The highest BCUT2D eigenvalue weighted by molar-refractivity contribution is 5.78. The first-order valence-corrected chi connectivity index (χ1v) is 10.4. The van der Waals surface area contributed by atoms with Gasteiger partial charge < -0.3 is 19.3 Å². The fraction of sp³-hybridized carbons (Fsp3) is 0.458. The Kier molecular flexibility index (Phi) is 7.21. The van der Waals surface area contributed by atoms with Crippen LogP contribution in [0, 0.1) is 0 Å². The van der Waals surface area contributed by atoms with Gasteiger partial charge in [0.25, 0.3) is 0 Å². The van der Waals surface area contributed by atoms with Crippen molar-refractivity contribution < 1.29 is 14.3 Å². The second kappa shape index (κ2) is 9.85. The highest BCUT2D eigenvalue weighted by Crippen LogP contribution is 2.38. The van der Waals surface area contributed by atoms with Crippen LogP contribution in [0.4, 0.5) is 5.69 Å². The molecular formula is C24H33N3O3. The maximum absolute atomic E-state index is 13.0. The lowest BCUT2D eigenvalue weighted by Crippen LogP contribution is -2.37. The summed E-state index contributed by atoms with van der Waals surface area (Å²) in [6.07, 6.45) is 2.07. The van der Waals surface area contributed by atoms with Crippen LogP contribution in [-0.4, -0.2) is 64.2 Å². The van der Waals surface area contributed by atoms with Gasteiger partial charge in [-0.15, -0.1) is 0 Å². The van der Waals surface area contributed by atoms with Crippen LogP contribution in [0.5, 0.6) is 11.5 Å². The van der Waals surface area contributed by atoms with Crippen LogP contribution in [0.25, 0.3) is 0 Å². The Morgan fingerprint density at radius 3 is 2.43 bits per heavy atom. The molecule has 2 aromatic carbocycles. The van der Waals surface area contributed by atoms with Crippen molar-refractivity contribution in [1.29, 1.82) is 0 Å². The van der Waals surface area contributed by atoms with Crippen molar-refractivity contribution in [3.63, 3.8) is 0 Å². The van der Waals surface area contributed by atoms with E-state index in [9.17, 15) is 4.79 Å². The molecule has 0 N–H and O–H groups in total. The topological polar surface area (TPSA) is 45.3 Å². The molecule has 1 saturated heterocycles. The van der Waals surface area contributed by atoms with Gasteiger partial charge in [-0.2, -0.15) is 0 Å². The normalized spacial score (nSPS) is 16.4. The van der Waals surface area contributed by atoms with Crippen molar-refractivity contribution in [1.82, 2.24) is 9.80 Å². The van der Waals surface area contributed by atoms with Crippen LogP contribution in [0.3, 0.4) is 0 Å². The fourth-order valence-electron chi connectivity index (χ4n) is 4.02. The van der Waals surface area contributed by atoms with E-state index in [0.29, 0.717) is 13.1 Å². The predicted molar refractivity (Wildman–Crippen MR) is 120 cm³/mol. The summed E-state index contributed by atoms with van der Waals surface area (Å²) in [4.78, 5) is 19.1. The van der Waals surface area contributed by atoms with Crippen LogP contribution in [0.2, 0.25) is 0 Å². The predicted octanol–water partition coefficient (Wildman–Crippen LogP) is 3.57. The lowest BCUT2D eigenvalue weighted by Gasteiger charge is -2.28. The highest BCUT2D eigenvalue weighted by Gasteiger charge is 2.30. The third kappa shape index (κ3) is 5.05. The zero-order valence-electron chi connectivity index (χ0n) is 18.7. The van der Waals surface area contributed by atoms with Gasteiger partial charge in [0.1, 0.15) is 11.5 Å². The lowest BCUT2D eigenvalue weighted by atomic mass is 10.0. The van der Waals surface area contributed by atoms with Gasteiger partial charge in [0, 0.05) is 45.0 Å². The Morgan fingerprint density at radius 1 is 1.07 bits per heavy atom. The average Bonchev–Trinajstić information content (AvgIpc) is 3.21. The minimum Gasteiger partial charge on any atom is -0.497 e. The van der Waals surface area contributed by atoms with E-state index in [1.165, 1.54) is 0 Å². The van der Waals surface area contributed by atoms with Crippen LogP contribution >= 0.6 is 0 Å². The second-order valence-electron chi connectivity index (χ2n) is 8.05. The first-order chi connectivity index (χ1) is 14.4. The van der Waals surface area contributed by atoms with E-state index >= 15 is 0 Å². The van der Waals surface area contributed by atoms with Gasteiger partial charge in [0.05, 0.1) is 20.8 Å². The third-order valence-corrected chi connectivity index (χ3v) is 5.80. The van der Waals surface area contributed by atoms with Gasteiger partial charge in [-0.05, 0) is 55.3 Å². The molecule has 0 radical (unpaired) electrons. The number of anilines is 1. The summed E-state index contributed by atoms with van der Waals surface area (Å²) in [6.45, 7) is 1.91. The van der Waals surface area contributed by atoms with Crippen LogP contribution in [-0.2, 0) is 11.3 Å². The van der Waals surface area contributed by atoms with E-state index in [1.807, 2.05) is 44.2 Å². The molecule has 6 nitrogen and oxygen atoms in total. The maximum Gasteiger partial charge on any atom is 0.236 e. The monoisotopic (exact) mass is 411 g/mol. The van der Waals surface area contributed by atoms with Crippen LogP contribution in [0.15, 0.2) is 42.5 Å². The molecule has 2 aromatic rings. The number of carbonyl (C=O) groups excluding carboxylic acids is 1. The molecule has 3 rings (SSSR count). The number of hydrogen-bond acceptors (Lipinski definition) is 5. The molecule has 6 heteroatoms. The van der Waals surface area contributed by atoms with Crippen LogP contribution < -0.4 is 14.4 Å². The van der Waals surface area contributed by atoms with Crippen molar-refractivity contribution in [3.05, 3.63) is 53.6 Å². The number of methoxy groups -OCH3 is 2. The third-order valence-electron chi connectivity index (χ3n) is 5.80. The number of nitrogens with zero attached hydrogens (tertiary/aromatic N) is 3. The molecule has 0 aromatic heterocycles. The molecular weight excluding hydrogens is 378 g/mol. The molecule has 0 aliphatic carbocycles. The Morgan fingerprint density at radius 2 is 1.80 bits per heavy atom. The summed E-state index contributed by atoms with van der Waals surface area (Å²) in [5.41, 5.74) is 3.37. The number of hydrogen-bond donors (Lipinski definition) is 0. The van der Waals surface area contributed by atoms with Gasteiger partial charge in [-0.1, -0.05) is 12.1 Å². The summed E-state index contributed by atoms with van der Waals surface area (Å²) in [6, 6.07) is 14.4. The standard InChI is InChI=1S/C24H33N3O3/c1-25(2)19-10-8-18(9-11-19)16-26(3)24(28)17-27-14-6-7-22(27)21-15-20(29-4)12-13-23(21)30-5/h8-13,15,22H,6-7,14,16-17H2,1-5H3/t22-/m1/s1. The van der Waals surface area contributed by atoms with E-state index < -0.39 is 0 Å². The molecule has 1 fully saturated rings. The molecule has 162 valence electrons. The zero-order chi connectivity index (χ0) is 21.7. The van der Waals surface area contributed by atoms with E-state index in [4.69, 9.17) is 9.47 Å². The smallest absolute Gasteiger partial charge is 0.236 e. The number of rotatable bonds is 8. The van der Waals surface area contributed by atoms with Gasteiger partial charge >= 0.3 is 0 Å². The summed E-state index contributed by atoms with van der Waals surface area (Å²) < 4.78 is 11.0. The molecule has 1 aliphatic heterocycles. The Hall–Kier alpha value is -2.73. The van der Waals surface area contributed by atoms with Crippen molar-refractivity contribution in [3.8, 4) is 11.5 Å². The molecule has 0 bridgehead atoms. The van der Waals surface area contributed by atoms with Crippen LogP contribution in [0.1, 0.15) is 30.0 Å². The Bertz CT molecular complexity index is 851. The summed E-state index contributed by atoms with van der Waals surface area (Å²) >= 11 is 0. The molecule has 1 aliphatic rings. The number of likely N-dealkylation sites (N-methyl/N-ethyl adjacent to an activating group) is 1. The van der Waals surface area contributed by atoms with E-state index in [1.54, 1.807) is 14.2 Å². The number of likely N-dealkylation sites (tertiary alicyclic amines) is 1. The minimum atomic E-state index is 0.125. The van der Waals surface area contributed by atoms with Gasteiger partial charge in [0.15, 0.2) is 0 Å². The van der Waals surface area contributed by atoms with Gasteiger partial charge in [-0.25, -0.2) is 0 Å². The first-order valence-electron chi connectivity index (χ1n) is 10.4. The average molecular weight is 412 g/mol. The number of amides is 1. The largest absolute Gasteiger partial charge is 0.497 e. The molecule has 1 amide bonds. The first kappa shape index (κ1) is 22.0. The van der Waals surface area contributed by atoms with Crippen molar-refractivity contribution in [2.24, 2.45) is 0 Å². The number of benzene rings is 2. The van der Waals surface area contributed by atoms with Gasteiger partial charge in [0.2, 0.25) is 5.91 Å². The lowest BCUT2D eigenvalue weighted by molar-refractivity contribution is -0.131. The summed E-state index contributed by atoms with van der Waals surface area (Å²) in [5, 5.41) is 0. The summed E-state index contributed by atoms with van der Waals surface area (Å²) in [5.74, 6) is 1.78. The van der Waals surface area contributed by atoms with E-state index in [0.717, 1.165) is 47.7 Å².